The Morgan fingerprint density at radius 3 is 2.57 bits per heavy atom. The van der Waals surface area contributed by atoms with Gasteiger partial charge in [-0.15, -0.1) is 0 Å². The SMILES string of the molecule is Cc1ccc(NC(=O)NCC#Cc2ccc(N3CCCCC3=O)cc2)cc1C. The predicted octanol–water partition coefficient (Wildman–Crippen LogP) is 3.99. The van der Waals surface area contributed by atoms with Crippen LogP contribution in [0.4, 0.5) is 16.2 Å². The lowest BCUT2D eigenvalue weighted by atomic mass is 10.1. The standard InChI is InChI=1S/C23H25N3O2/c1-17-8-11-20(16-18(17)2)25-23(28)24-14-5-6-19-9-12-21(13-10-19)26-15-4-3-7-22(26)27/h8-13,16H,3-4,7,14-15H2,1-2H3,(H2,24,25,28). The highest BCUT2D eigenvalue weighted by Crippen LogP contribution is 2.21. The van der Waals surface area contributed by atoms with Gasteiger partial charge in [-0.2, -0.15) is 0 Å². The van der Waals surface area contributed by atoms with Gasteiger partial charge in [0.15, 0.2) is 0 Å². The van der Waals surface area contributed by atoms with Crippen LogP contribution in [0.2, 0.25) is 0 Å². The molecule has 144 valence electrons. The Bertz CT molecular complexity index is 923. The van der Waals surface area contributed by atoms with E-state index in [1.807, 2.05) is 61.2 Å². The number of nitrogens with one attached hydrogen (secondary N) is 2. The van der Waals surface area contributed by atoms with E-state index in [-0.39, 0.29) is 18.5 Å². The van der Waals surface area contributed by atoms with Crippen molar-refractivity contribution < 1.29 is 9.59 Å². The summed E-state index contributed by atoms with van der Waals surface area (Å²) in [6, 6.07) is 13.2. The molecule has 0 saturated carbocycles. The summed E-state index contributed by atoms with van der Waals surface area (Å²) in [5.41, 5.74) is 4.85. The number of rotatable bonds is 3. The Kier molecular flexibility index (Phi) is 6.33. The zero-order valence-electron chi connectivity index (χ0n) is 16.3. The molecule has 1 heterocycles. The molecular formula is C23H25N3O2. The van der Waals surface area contributed by atoms with Crippen molar-refractivity contribution in [1.29, 1.82) is 0 Å². The Labute approximate surface area is 166 Å². The number of piperidine rings is 1. The second kappa shape index (κ2) is 9.09. The number of hydrogen-bond donors (Lipinski definition) is 2. The minimum Gasteiger partial charge on any atom is -0.327 e. The van der Waals surface area contributed by atoms with E-state index in [2.05, 4.69) is 22.5 Å². The predicted molar refractivity (Wildman–Crippen MR) is 112 cm³/mol. The summed E-state index contributed by atoms with van der Waals surface area (Å²) >= 11 is 0. The zero-order valence-corrected chi connectivity index (χ0v) is 16.3. The van der Waals surface area contributed by atoms with Crippen LogP contribution in [0.5, 0.6) is 0 Å². The Hall–Kier alpha value is -3.26. The number of carbonyl (C=O) groups excluding carboxylic acids is 2. The molecule has 1 aliphatic heterocycles. The maximum absolute atomic E-state index is 12.0. The van der Waals surface area contributed by atoms with Crippen molar-refractivity contribution >= 4 is 23.3 Å². The summed E-state index contributed by atoms with van der Waals surface area (Å²) in [5, 5.41) is 5.53. The molecule has 5 nitrogen and oxygen atoms in total. The van der Waals surface area contributed by atoms with E-state index in [4.69, 9.17) is 0 Å². The number of nitrogens with zero attached hydrogens (tertiary/aromatic N) is 1. The third-order valence-electron chi connectivity index (χ3n) is 4.84. The molecule has 0 atom stereocenters. The molecule has 0 bridgehead atoms. The average molecular weight is 375 g/mol. The third kappa shape index (κ3) is 5.14. The van der Waals surface area contributed by atoms with Gasteiger partial charge >= 0.3 is 6.03 Å². The summed E-state index contributed by atoms with van der Waals surface area (Å²) in [6.07, 6.45) is 2.64. The van der Waals surface area contributed by atoms with Crippen LogP contribution in [0.1, 0.15) is 36.0 Å². The van der Waals surface area contributed by atoms with Gasteiger partial charge in [-0.05, 0) is 74.2 Å². The second-order valence-electron chi connectivity index (χ2n) is 6.96. The van der Waals surface area contributed by atoms with Crippen molar-refractivity contribution in [2.75, 3.05) is 23.3 Å². The molecule has 2 N–H and O–H groups in total. The zero-order chi connectivity index (χ0) is 19.9. The van der Waals surface area contributed by atoms with Gasteiger partial charge in [0.05, 0.1) is 6.54 Å². The molecule has 1 aliphatic rings. The molecule has 2 aromatic rings. The third-order valence-corrected chi connectivity index (χ3v) is 4.84. The fourth-order valence-electron chi connectivity index (χ4n) is 3.07. The quantitative estimate of drug-likeness (QED) is 0.797. The summed E-state index contributed by atoms with van der Waals surface area (Å²) < 4.78 is 0. The van der Waals surface area contributed by atoms with Gasteiger partial charge in [-0.3, -0.25) is 4.79 Å². The summed E-state index contributed by atoms with van der Waals surface area (Å²) in [6.45, 7) is 5.08. The minimum absolute atomic E-state index is 0.184. The number of benzene rings is 2. The monoisotopic (exact) mass is 375 g/mol. The van der Waals surface area contributed by atoms with Crippen molar-refractivity contribution in [1.82, 2.24) is 5.32 Å². The van der Waals surface area contributed by atoms with E-state index >= 15 is 0 Å². The van der Waals surface area contributed by atoms with Crippen molar-refractivity contribution in [3.05, 3.63) is 59.2 Å². The van der Waals surface area contributed by atoms with Crippen LogP contribution < -0.4 is 15.5 Å². The molecule has 5 heteroatoms. The number of amides is 3. The first kappa shape index (κ1) is 19.5. The Balaban J connectivity index is 1.49. The molecule has 0 spiro atoms. The van der Waals surface area contributed by atoms with Crippen LogP contribution in [0.25, 0.3) is 0 Å². The molecular weight excluding hydrogens is 350 g/mol. The lowest BCUT2D eigenvalue weighted by Gasteiger charge is -2.26. The topological polar surface area (TPSA) is 61.4 Å². The van der Waals surface area contributed by atoms with E-state index in [1.54, 1.807) is 0 Å². The summed E-state index contributed by atoms with van der Waals surface area (Å²) in [7, 11) is 0. The molecule has 0 unspecified atom stereocenters. The second-order valence-corrected chi connectivity index (χ2v) is 6.96. The van der Waals surface area contributed by atoms with Crippen LogP contribution in [0.15, 0.2) is 42.5 Å². The van der Waals surface area contributed by atoms with Crippen molar-refractivity contribution in [2.24, 2.45) is 0 Å². The maximum atomic E-state index is 12.0. The average Bonchev–Trinajstić information content (AvgIpc) is 2.69. The van der Waals surface area contributed by atoms with Crippen LogP contribution in [-0.2, 0) is 4.79 Å². The van der Waals surface area contributed by atoms with Gasteiger partial charge in [0.1, 0.15) is 0 Å². The molecule has 0 radical (unpaired) electrons. The smallest absolute Gasteiger partial charge is 0.319 e. The van der Waals surface area contributed by atoms with Gasteiger partial charge in [-0.1, -0.05) is 17.9 Å². The molecule has 1 saturated heterocycles. The van der Waals surface area contributed by atoms with Crippen LogP contribution in [0, 0.1) is 25.7 Å². The molecule has 1 fully saturated rings. The van der Waals surface area contributed by atoms with E-state index in [1.165, 1.54) is 5.56 Å². The first-order chi connectivity index (χ1) is 13.5. The van der Waals surface area contributed by atoms with Crippen molar-refractivity contribution in [3.63, 3.8) is 0 Å². The largest absolute Gasteiger partial charge is 0.327 e. The van der Waals surface area contributed by atoms with Crippen LogP contribution in [-0.4, -0.2) is 25.0 Å². The number of anilines is 2. The minimum atomic E-state index is -0.281. The van der Waals surface area contributed by atoms with Crippen LogP contribution in [0.3, 0.4) is 0 Å². The van der Waals surface area contributed by atoms with Crippen molar-refractivity contribution in [3.8, 4) is 11.8 Å². The maximum Gasteiger partial charge on any atom is 0.319 e. The normalized spacial score (nSPS) is 13.5. The number of urea groups is 1. The summed E-state index contributed by atoms with van der Waals surface area (Å²) in [5.74, 6) is 6.15. The van der Waals surface area contributed by atoms with Crippen molar-refractivity contribution in [2.45, 2.75) is 33.1 Å². The highest BCUT2D eigenvalue weighted by molar-refractivity contribution is 5.94. The van der Waals surface area contributed by atoms with Crippen LogP contribution >= 0.6 is 0 Å². The van der Waals surface area contributed by atoms with E-state index in [9.17, 15) is 9.59 Å². The summed E-state index contributed by atoms with van der Waals surface area (Å²) in [4.78, 5) is 25.7. The molecule has 0 aliphatic carbocycles. The van der Waals surface area contributed by atoms with Gasteiger partial charge in [0, 0.05) is 29.9 Å². The number of hydrogen-bond acceptors (Lipinski definition) is 2. The Morgan fingerprint density at radius 1 is 1.07 bits per heavy atom. The molecule has 3 rings (SSSR count). The lowest BCUT2D eigenvalue weighted by Crippen LogP contribution is -2.35. The first-order valence-electron chi connectivity index (χ1n) is 9.54. The fourth-order valence-corrected chi connectivity index (χ4v) is 3.07. The van der Waals surface area contributed by atoms with E-state index in [0.29, 0.717) is 6.42 Å². The van der Waals surface area contributed by atoms with E-state index < -0.39 is 0 Å². The fraction of sp³-hybridized carbons (Fsp3) is 0.304. The molecule has 2 aromatic carbocycles. The number of aryl methyl sites for hydroxylation is 2. The molecule has 3 amide bonds. The first-order valence-corrected chi connectivity index (χ1v) is 9.54. The number of carbonyl (C=O) groups is 2. The highest BCUT2D eigenvalue weighted by atomic mass is 16.2. The van der Waals surface area contributed by atoms with Gasteiger partial charge in [0.25, 0.3) is 0 Å². The van der Waals surface area contributed by atoms with Gasteiger partial charge in [-0.25, -0.2) is 4.79 Å². The Morgan fingerprint density at radius 2 is 1.86 bits per heavy atom. The molecule has 0 aromatic heterocycles. The van der Waals surface area contributed by atoms with Gasteiger partial charge in [0.2, 0.25) is 5.91 Å². The van der Waals surface area contributed by atoms with Gasteiger partial charge < -0.3 is 15.5 Å². The highest BCUT2D eigenvalue weighted by Gasteiger charge is 2.19. The lowest BCUT2D eigenvalue weighted by molar-refractivity contribution is -0.119. The molecule has 28 heavy (non-hydrogen) atoms. The van der Waals surface area contributed by atoms with E-state index in [0.717, 1.165) is 41.9 Å².